The van der Waals surface area contributed by atoms with Gasteiger partial charge in [-0.15, -0.1) is 0 Å². The number of nitrogens with one attached hydrogen (secondary N) is 1. The maximum atomic E-state index is 12.8. The number of aliphatic hydroxyl groups excluding tert-OH is 2. The molecule has 32 heavy (non-hydrogen) atoms. The van der Waals surface area contributed by atoms with Gasteiger partial charge < -0.3 is 34.5 Å². The van der Waals surface area contributed by atoms with Crippen LogP contribution in [-0.4, -0.2) is 70.0 Å². The molecule has 0 bridgehead atoms. The van der Waals surface area contributed by atoms with Gasteiger partial charge >= 0.3 is 7.60 Å². The number of imidazole rings is 1. The highest BCUT2D eigenvalue weighted by Crippen LogP contribution is 2.60. The van der Waals surface area contributed by atoms with Crippen LogP contribution in [0.15, 0.2) is 17.4 Å². The van der Waals surface area contributed by atoms with E-state index < -0.39 is 43.0 Å². The number of ether oxygens (including phenoxy) is 1. The lowest BCUT2D eigenvalue weighted by Crippen LogP contribution is -2.36. The maximum Gasteiger partial charge on any atom is 0.359 e. The van der Waals surface area contributed by atoms with Crippen LogP contribution in [0.5, 0.6) is 0 Å². The predicted molar refractivity (Wildman–Crippen MR) is 116 cm³/mol. The fraction of sp³-hybridized carbons (Fsp3) is 0.737. The van der Waals surface area contributed by atoms with Crippen molar-refractivity contribution in [3.05, 3.63) is 23.0 Å². The second-order valence-corrected chi connectivity index (χ2v) is 9.98. The Morgan fingerprint density at radius 1 is 1.25 bits per heavy atom. The molecular weight excluding hydrogens is 443 g/mol. The first-order chi connectivity index (χ1) is 15.0. The molecule has 0 spiro atoms. The van der Waals surface area contributed by atoms with E-state index in [9.17, 15) is 29.6 Å². The fourth-order valence-electron chi connectivity index (χ4n) is 3.23. The molecule has 2 unspecified atom stereocenters. The second-order valence-electron chi connectivity index (χ2n) is 7.92. The zero-order chi connectivity index (χ0) is 24.2. The van der Waals surface area contributed by atoms with E-state index in [2.05, 4.69) is 15.0 Å². The van der Waals surface area contributed by atoms with Crippen LogP contribution >= 0.6 is 7.60 Å². The molecule has 0 aromatic carbocycles. The van der Waals surface area contributed by atoms with Crippen LogP contribution in [0.4, 0.5) is 0 Å². The first-order valence-electron chi connectivity index (χ1n) is 10.5. The lowest BCUT2D eigenvalue weighted by Gasteiger charge is -2.37. The molecule has 2 aromatic heterocycles. The van der Waals surface area contributed by atoms with E-state index in [1.807, 2.05) is 0 Å². The van der Waals surface area contributed by atoms with Gasteiger partial charge in [-0.1, -0.05) is 20.8 Å². The van der Waals surface area contributed by atoms with Crippen molar-refractivity contribution < 1.29 is 34.0 Å². The molecular formula is C19H33N4O8P. The number of aromatic nitrogens is 4. The number of aromatic amines is 1. The van der Waals surface area contributed by atoms with Gasteiger partial charge in [-0.2, -0.15) is 0 Å². The lowest BCUT2D eigenvalue weighted by molar-refractivity contribution is -0.107. The van der Waals surface area contributed by atoms with E-state index >= 15 is 0 Å². The quantitative estimate of drug-likeness (QED) is 0.264. The topological polar surface area (TPSA) is 180 Å². The molecule has 2 aromatic rings. The van der Waals surface area contributed by atoms with Gasteiger partial charge in [-0.25, -0.2) is 9.97 Å². The number of H-pyrrole nitrogens is 1. The lowest BCUT2D eigenvalue weighted by atomic mass is 10.0. The van der Waals surface area contributed by atoms with Crippen LogP contribution in [-0.2, 0) is 13.8 Å². The Hall–Kier alpha value is -1.66. The Labute approximate surface area is 185 Å². The SMILES string of the molecule is CCC(C)(CCO[C@H]([C@H](O)CO)n1cnc2c(=O)[nH]cnc21)OP(=O)(O)C(O)(CC)CC. The molecule has 2 heterocycles. The molecule has 0 aliphatic rings. The highest BCUT2D eigenvalue weighted by Gasteiger charge is 2.48. The van der Waals surface area contributed by atoms with E-state index in [0.717, 1.165) is 0 Å². The molecule has 0 aliphatic heterocycles. The third kappa shape index (κ3) is 5.45. The largest absolute Gasteiger partial charge is 0.394 e. The van der Waals surface area contributed by atoms with Crippen molar-refractivity contribution in [2.75, 3.05) is 13.2 Å². The number of hydrogen-bond donors (Lipinski definition) is 5. The number of hydrogen-bond acceptors (Lipinski definition) is 9. The smallest absolute Gasteiger partial charge is 0.359 e. The van der Waals surface area contributed by atoms with Crippen molar-refractivity contribution in [1.29, 1.82) is 0 Å². The van der Waals surface area contributed by atoms with Crippen molar-refractivity contribution in [3.63, 3.8) is 0 Å². The zero-order valence-corrected chi connectivity index (χ0v) is 19.7. The molecule has 2 rings (SSSR count). The average molecular weight is 476 g/mol. The Morgan fingerprint density at radius 3 is 2.47 bits per heavy atom. The van der Waals surface area contributed by atoms with E-state index in [1.165, 1.54) is 17.2 Å². The molecule has 5 N–H and O–H groups in total. The predicted octanol–water partition coefficient (Wildman–Crippen LogP) is 1.26. The zero-order valence-electron chi connectivity index (χ0n) is 18.8. The van der Waals surface area contributed by atoms with Gasteiger partial charge in [0, 0.05) is 6.42 Å². The van der Waals surface area contributed by atoms with Crippen LogP contribution in [0.25, 0.3) is 11.2 Å². The molecule has 0 saturated heterocycles. The first-order valence-corrected chi connectivity index (χ1v) is 12.1. The van der Waals surface area contributed by atoms with Crippen molar-refractivity contribution in [3.8, 4) is 0 Å². The fourth-order valence-corrected chi connectivity index (χ4v) is 5.02. The molecule has 0 saturated carbocycles. The van der Waals surface area contributed by atoms with Crippen LogP contribution < -0.4 is 5.56 Å². The summed E-state index contributed by atoms with van der Waals surface area (Å²) in [4.78, 5) is 32.8. The van der Waals surface area contributed by atoms with E-state index in [4.69, 9.17) is 9.26 Å². The summed E-state index contributed by atoms with van der Waals surface area (Å²) in [6, 6.07) is 0. The van der Waals surface area contributed by atoms with E-state index in [-0.39, 0.29) is 37.0 Å². The molecule has 12 nitrogen and oxygen atoms in total. The Balaban J connectivity index is 2.20. The molecule has 182 valence electrons. The molecule has 0 fully saturated rings. The van der Waals surface area contributed by atoms with Gasteiger partial charge in [0.15, 0.2) is 22.7 Å². The van der Waals surface area contributed by atoms with Crippen molar-refractivity contribution >= 4 is 18.8 Å². The summed E-state index contributed by atoms with van der Waals surface area (Å²) in [6.45, 7) is 5.97. The number of fused-ring (bicyclic) bond motifs is 1. The van der Waals surface area contributed by atoms with Crippen LogP contribution in [0.1, 0.15) is 59.6 Å². The standard InChI is InChI=1S/C19H33N4O8P/c1-5-18(4,31-32(28,29)19(27,6-2)7-3)8-9-30-17(13(25)10-24)23-12-22-14-15(23)20-11-21-16(14)26/h11-13,17,24-25,27H,5-10H2,1-4H3,(H,28,29)(H,20,21,26)/t13-,17-,18?/m1/s1. The van der Waals surface area contributed by atoms with E-state index in [0.29, 0.717) is 6.42 Å². The Morgan fingerprint density at radius 2 is 1.91 bits per heavy atom. The van der Waals surface area contributed by atoms with Gasteiger partial charge in [0.1, 0.15) is 6.10 Å². The van der Waals surface area contributed by atoms with Gasteiger partial charge in [-0.3, -0.25) is 13.9 Å². The minimum absolute atomic E-state index is 0.0361. The van der Waals surface area contributed by atoms with Crippen LogP contribution in [0, 0.1) is 0 Å². The van der Waals surface area contributed by atoms with Gasteiger partial charge in [0.2, 0.25) is 0 Å². The molecule has 0 aliphatic carbocycles. The van der Waals surface area contributed by atoms with Crippen molar-refractivity contribution in [2.45, 2.75) is 76.7 Å². The Bertz CT molecular complexity index is 991. The normalized spacial score (nSPS) is 18.2. The molecule has 0 amide bonds. The minimum Gasteiger partial charge on any atom is -0.394 e. The summed E-state index contributed by atoms with van der Waals surface area (Å²) in [6.07, 6.45) is 0.595. The van der Waals surface area contributed by atoms with Gasteiger partial charge in [0.05, 0.1) is 31.5 Å². The molecule has 4 atom stereocenters. The summed E-state index contributed by atoms with van der Waals surface area (Å²) < 4.78 is 25.5. The molecule has 0 radical (unpaired) electrons. The summed E-state index contributed by atoms with van der Waals surface area (Å²) >= 11 is 0. The monoisotopic (exact) mass is 476 g/mol. The summed E-state index contributed by atoms with van der Waals surface area (Å²) in [5, 5.41) is 28.4. The van der Waals surface area contributed by atoms with Gasteiger partial charge in [-0.05, 0) is 26.2 Å². The summed E-state index contributed by atoms with van der Waals surface area (Å²) in [5.41, 5.74) is -1.36. The number of aliphatic hydroxyl groups is 3. The van der Waals surface area contributed by atoms with E-state index in [1.54, 1.807) is 27.7 Å². The third-order valence-electron chi connectivity index (χ3n) is 5.83. The van der Waals surface area contributed by atoms with Crippen LogP contribution in [0.2, 0.25) is 0 Å². The first kappa shape index (κ1) is 26.6. The minimum atomic E-state index is -4.38. The maximum absolute atomic E-state index is 12.8. The number of nitrogens with zero attached hydrogens (tertiary/aromatic N) is 3. The highest BCUT2D eigenvalue weighted by molar-refractivity contribution is 7.54. The average Bonchev–Trinajstić information content (AvgIpc) is 3.20. The molecule has 13 heteroatoms. The van der Waals surface area contributed by atoms with Gasteiger partial charge in [0.25, 0.3) is 5.56 Å². The van der Waals surface area contributed by atoms with Crippen molar-refractivity contribution in [1.82, 2.24) is 19.5 Å². The number of rotatable bonds is 13. The van der Waals surface area contributed by atoms with Crippen molar-refractivity contribution in [2.24, 2.45) is 0 Å². The third-order valence-corrected chi connectivity index (χ3v) is 8.20. The summed E-state index contributed by atoms with van der Waals surface area (Å²) in [7, 11) is -4.38. The van der Waals surface area contributed by atoms with Crippen LogP contribution in [0.3, 0.4) is 0 Å². The Kier molecular flexibility index (Phi) is 8.74. The summed E-state index contributed by atoms with van der Waals surface area (Å²) in [5.74, 6) is 0. The highest BCUT2D eigenvalue weighted by atomic mass is 31.2. The second kappa shape index (κ2) is 10.5.